The zero-order valence-electron chi connectivity index (χ0n) is 9.52. The van der Waals surface area contributed by atoms with Crippen molar-refractivity contribution in [1.29, 1.82) is 0 Å². The van der Waals surface area contributed by atoms with E-state index in [0.29, 0.717) is 29.3 Å². The Hall–Kier alpha value is -1.56. The average molecular weight is 254 g/mol. The molecule has 0 aromatic carbocycles. The van der Waals surface area contributed by atoms with Gasteiger partial charge in [-0.1, -0.05) is 5.16 Å². The van der Waals surface area contributed by atoms with Gasteiger partial charge in [0.2, 0.25) is 0 Å². The molecule has 0 saturated heterocycles. The van der Waals surface area contributed by atoms with Crippen molar-refractivity contribution in [3.8, 4) is 0 Å². The molecule has 2 rings (SSSR count). The van der Waals surface area contributed by atoms with Crippen molar-refractivity contribution in [2.75, 3.05) is 12.3 Å². The van der Waals surface area contributed by atoms with Crippen molar-refractivity contribution >= 4 is 28.0 Å². The molecule has 1 aromatic rings. The summed E-state index contributed by atoms with van der Waals surface area (Å²) in [5.41, 5.74) is 7.78. The molecule has 3 N–H and O–H groups in total. The highest BCUT2D eigenvalue weighted by Gasteiger charge is 2.28. The summed E-state index contributed by atoms with van der Waals surface area (Å²) >= 11 is 1.29. The quantitative estimate of drug-likeness (QED) is 0.480. The number of anilines is 1. The summed E-state index contributed by atoms with van der Waals surface area (Å²) in [5, 5.41) is 12.6. The minimum Gasteiger partial charge on any atom is -0.462 e. The van der Waals surface area contributed by atoms with E-state index < -0.39 is 0 Å². The average Bonchev–Trinajstić information content (AvgIpc) is 2.65. The van der Waals surface area contributed by atoms with Crippen LogP contribution in [0.4, 0.5) is 5.00 Å². The predicted molar refractivity (Wildman–Crippen MR) is 65.9 cm³/mol. The molecule has 0 fully saturated rings. The van der Waals surface area contributed by atoms with Crippen LogP contribution in [0.3, 0.4) is 0 Å². The molecule has 5 nitrogen and oxygen atoms in total. The lowest BCUT2D eigenvalue weighted by Gasteiger charge is -2.13. The first kappa shape index (κ1) is 11.9. The van der Waals surface area contributed by atoms with Gasteiger partial charge in [0.1, 0.15) is 5.00 Å². The summed E-state index contributed by atoms with van der Waals surface area (Å²) in [6, 6.07) is 0. The normalized spacial score (nSPS) is 16.9. The highest BCUT2D eigenvalue weighted by atomic mass is 32.1. The molecule has 0 atom stereocenters. The van der Waals surface area contributed by atoms with E-state index in [1.54, 1.807) is 6.92 Å². The van der Waals surface area contributed by atoms with Gasteiger partial charge in [-0.15, -0.1) is 11.3 Å². The van der Waals surface area contributed by atoms with Crippen LogP contribution in [-0.2, 0) is 11.2 Å². The van der Waals surface area contributed by atoms with Gasteiger partial charge < -0.3 is 15.7 Å². The monoisotopic (exact) mass is 254 g/mol. The minimum atomic E-state index is -0.387. The number of ether oxygens (including phenoxy) is 1. The number of hydrogen-bond acceptors (Lipinski definition) is 6. The zero-order valence-corrected chi connectivity index (χ0v) is 10.3. The lowest BCUT2D eigenvalue weighted by molar-refractivity contribution is 0.0527. The van der Waals surface area contributed by atoms with E-state index in [4.69, 9.17) is 15.7 Å². The molecule has 0 saturated carbocycles. The van der Waals surface area contributed by atoms with Crippen LogP contribution in [0.5, 0.6) is 0 Å². The van der Waals surface area contributed by atoms with Crippen molar-refractivity contribution in [2.24, 2.45) is 5.16 Å². The van der Waals surface area contributed by atoms with E-state index >= 15 is 0 Å². The zero-order chi connectivity index (χ0) is 12.4. The van der Waals surface area contributed by atoms with E-state index in [-0.39, 0.29) is 5.97 Å². The first-order valence-corrected chi connectivity index (χ1v) is 6.30. The predicted octanol–water partition coefficient (Wildman–Crippen LogP) is 2.02. The fraction of sp³-hybridized carbons (Fsp3) is 0.455. The first-order valence-electron chi connectivity index (χ1n) is 5.48. The Bertz CT molecular complexity index is 479. The molecule has 1 aliphatic carbocycles. The maximum absolute atomic E-state index is 11.8. The molecule has 1 aliphatic rings. The maximum Gasteiger partial charge on any atom is 0.341 e. The number of oxime groups is 1. The van der Waals surface area contributed by atoms with Gasteiger partial charge in [-0.05, 0) is 31.7 Å². The molecular weight excluding hydrogens is 240 g/mol. The van der Waals surface area contributed by atoms with E-state index in [1.165, 1.54) is 11.3 Å². The fourth-order valence-electron chi connectivity index (χ4n) is 2.03. The van der Waals surface area contributed by atoms with Crippen LogP contribution in [0.2, 0.25) is 0 Å². The minimum absolute atomic E-state index is 0.323. The van der Waals surface area contributed by atoms with Gasteiger partial charge in [-0.3, -0.25) is 0 Å². The third kappa shape index (κ3) is 2.00. The van der Waals surface area contributed by atoms with E-state index in [2.05, 4.69) is 5.16 Å². The molecule has 6 heteroatoms. The lowest BCUT2D eigenvalue weighted by Crippen LogP contribution is -2.14. The second-order valence-corrected chi connectivity index (χ2v) is 4.82. The van der Waals surface area contributed by atoms with Crippen molar-refractivity contribution in [3.05, 3.63) is 16.0 Å². The Morgan fingerprint density at radius 1 is 1.59 bits per heavy atom. The van der Waals surface area contributed by atoms with Crippen molar-refractivity contribution in [2.45, 2.75) is 26.2 Å². The number of thiophene rings is 1. The first-order chi connectivity index (χ1) is 8.19. The smallest absolute Gasteiger partial charge is 0.341 e. The summed E-state index contributed by atoms with van der Waals surface area (Å²) in [4.78, 5) is 12.6. The third-order valence-electron chi connectivity index (χ3n) is 2.74. The second kappa shape index (κ2) is 4.75. The van der Waals surface area contributed by atoms with Gasteiger partial charge in [-0.25, -0.2) is 4.79 Å². The molecule has 0 spiro atoms. The van der Waals surface area contributed by atoms with E-state index in [1.807, 2.05) is 0 Å². The van der Waals surface area contributed by atoms with Crippen LogP contribution in [0.15, 0.2) is 5.16 Å². The van der Waals surface area contributed by atoms with Crippen LogP contribution < -0.4 is 5.73 Å². The number of hydrogen-bond donors (Lipinski definition) is 2. The topological polar surface area (TPSA) is 84.9 Å². The third-order valence-corrected chi connectivity index (χ3v) is 3.85. The number of fused-ring (bicyclic) bond motifs is 1. The highest BCUT2D eigenvalue weighted by molar-refractivity contribution is 7.18. The molecule has 0 radical (unpaired) electrons. The SMILES string of the molecule is CCOC(=O)c1c(N)sc2c1CCC/C2=N\O. The molecule has 0 aliphatic heterocycles. The van der Waals surface area contributed by atoms with Gasteiger partial charge in [0.25, 0.3) is 0 Å². The molecule has 0 bridgehead atoms. The molecule has 17 heavy (non-hydrogen) atoms. The molecule has 1 aromatic heterocycles. The van der Waals surface area contributed by atoms with Gasteiger partial charge in [0.15, 0.2) is 0 Å². The van der Waals surface area contributed by atoms with Gasteiger partial charge >= 0.3 is 5.97 Å². The van der Waals surface area contributed by atoms with Crippen molar-refractivity contribution < 1.29 is 14.7 Å². The van der Waals surface area contributed by atoms with Crippen molar-refractivity contribution in [3.63, 3.8) is 0 Å². The summed E-state index contributed by atoms with van der Waals surface area (Å²) in [6.07, 6.45) is 2.34. The largest absolute Gasteiger partial charge is 0.462 e. The van der Waals surface area contributed by atoms with Crippen LogP contribution in [0.25, 0.3) is 0 Å². The number of nitrogens with zero attached hydrogens (tertiary/aromatic N) is 1. The Labute approximate surface area is 103 Å². The Morgan fingerprint density at radius 2 is 2.35 bits per heavy atom. The molecule has 92 valence electrons. The fourth-order valence-corrected chi connectivity index (χ4v) is 3.14. The highest BCUT2D eigenvalue weighted by Crippen LogP contribution is 2.36. The van der Waals surface area contributed by atoms with Crippen LogP contribution >= 0.6 is 11.3 Å². The number of nitrogen functional groups attached to an aromatic ring is 1. The standard InChI is InChI=1S/C11H14N2O3S/c1-2-16-11(14)8-6-4-3-5-7(13-15)9(6)17-10(8)12/h15H,2-5,12H2,1H3/b13-7+. The van der Waals surface area contributed by atoms with Gasteiger partial charge in [0, 0.05) is 0 Å². The second-order valence-electron chi connectivity index (χ2n) is 3.77. The molecular formula is C11H14N2O3S. The number of carbonyl (C=O) groups is 1. The Kier molecular flexibility index (Phi) is 3.33. The number of nitrogens with two attached hydrogens (primary N) is 1. The number of rotatable bonds is 2. The van der Waals surface area contributed by atoms with E-state index in [9.17, 15) is 4.79 Å². The molecule has 0 unspecified atom stereocenters. The number of esters is 1. The maximum atomic E-state index is 11.8. The summed E-state index contributed by atoms with van der Waals surface area (Å²) in [5.74, 6) is -0.387. The van der Waals surface area contributed by atoms with Crippen molar-refractivity contribution in [1.82, 2.24) is 0 Å². The van der Waals surface area contributed by atoms with Crippen LogP contribution in [0, 0.1) is 0 Å². The van der Waals surface area contributed by atoms with E-state index in [0.717, 1.165) is 23.3 Å². The lowest BCUT2D eigenvalue weighted by atomic mass is 9.94. The van der Waals surface area contributed by atoms with Crippen LogP contribution in [0.1, 0.15) is 40.6 Å². The Balaban J connectivity index is 2.48. The summed E-state index contributed by atoms with van der Waals surface area (Å²) in [6.45, 7) is 2.08. The van der Waals surface area contributed by atoms with Gasteiger partial charge in [-0.2, -0.15) is 0 Å². The number of carbonyl (C=O) groups excluding carboxylic acids is 1. The molecule has 0 amide bonds. The Morgan fingerprint density at radius 3 is 3.00 bits per heavy atom. The summed E-state index contributed by atoms with van der Waals surface area (Å²) in [7, 11) is 0. The van der Waals surface area contributed by atoms with Crippen LogP contribution in [-0.4, -0.2) is 23.5 Å². The van der Waals surface area contributed by atoms with Gasteiger partial charge in [0.05, 0.1) is 22.8 Å². The molecule has 1 heterocycles. The summed E-state index contributed by atoms with van der Waals surface area (Å²) < 4.78 is 4.99.